The zero-order valence-corrected chi connectivity index (χ0v) is 12.2. The van der Waals surface area contributed by atoms with E-state index in [1.165, 1.54) is 0 Å². The zero-order valence-electron chi connectivity index (χ0n) is 11.4. The molecule has 0 saturated carbocycles. The molecule has 0 amide bonds. The molecule has 4 nitrogen and oxygen atoms in total. The summed E-state index contributed by atoms with van der Waals surface area (Å²) in [6.45, 7) is 9.51. The van der Waals surface area contributed by atoms with Crippen molar-refractivity contribution in [3.63, 3.8) is 0 Å². The van der Waals surface area contributed by atoms with Gasteiger partial charge >= 0.3 is 0 Å². The highest BCUT2D eigenvalue weighted by Crippen LogP contribution is 2.24. The van der Waals surface area contributed by atoms with E-state index in [-0.39, 0.29) is 5.60 Å². The van der Waals surface area contributed by atoms with Gasteiger partial charge in [0.25, 0.3) is 0 Å². The fourth-order valence-electron chi connectivity index (χ4n) is 2.46. The predicted octanol–water partition coefficient (Wildman–Crippen LogP) is 2.52. The standard InChI is InChI=1S/C13H22ClN3O/c1-4-17-11(12(14)10(2)16-17)8-15-9-13(3)6-5-7-18-13/h15H,4-9H2,1-3H3. The average Bonchev–Trinajstić information content (AvgIpc) is 2.88. The summed E-state index contributed by atoms with van der Waals surface area (Å²) >= 11 is 6.27. The summed E-state index contributed by atoms with van der Waals surface area (Å²) < 4.78 is 7.71. The topological polar surface area (TPSA) is 39.1 Å². The molecule has 1 atom stereocenters. The highest BCUT2D eigenvalue weighted by atomic mass is 35.5. The Labute approximate surface area is 114 Å². The lowest BCUT2D eigenvalue weighted by atomic mass is 10.0. The Hall–Kier alpha value is -0.580. The molecule has 18 heavy (non-hydrogen) atoms. The maximum atomic E-state index is 6.27. The second-order valence-corrected chi connectivity index (χ2v) is 5.55. The molecule has 1 unspecified atom stereocenters. The van der Waals surface area contributed by atoms with E-state index < -0.39 is 0 Å². The third-order valence-electron chi connectivity index (χ3n) is 3.54. The molecule has 0 bridgehead atoms. The first-order valence-corrected chi connectivity index (χ1v) is 7.00. The van der Waals surface area contributed by atoms with Crippen molar-refractivity contribution in [1.29, 1.82) is 0 Å². The van der Waals surface area contributed by atoms with E-state index in [2.05, 4.69) is 24.3 Å². The first-order valence-electron chi connectivity index (χ1n) is 6.62. The highest BCUT2D eigenvalue weighted by Gasteiger charge is 2.29. The first-order chi connectivity index (χ1) is 8.56. The van der Waals surface area contributed by atoms with E-state index in [9.17, 15) is 0 Å². The average molecular weight is 272 g/mol. The van der Waals surface area contributed by atoms with E-state index in [1.807, 2.05) is 11.6 Å². The molecule has 1 aliphatic rings. The van der Waals surface area contributed by atoms with Crippen LogP contribution in [0.4, 0.5) is 0 Å². The maximum absolute atomic E-state index is 6.27. The van der Waals surface area contributed by atoms with E-state index in [0.29, 0.717) is 0 Å². The van der Waals surface area contributed by atoms with Crippen LogP contribution in [-0.4, -0.2) is 28.5 Å². The Morgan fingerprint density at radius 1 is 1.56 bits per heavy atom. The number of aryl methyl sites for hydroxylation is 2. The quantitative estimate of drug-likeness (QED) is 0.894. The second-order valence-electron chi connectivity index (χ2n) is 5.17. The van der Waals surface area contributed by atoms with Gasteiger partial charge in [0.2, 0.25) is 0 Å². The van der Waals surface area contributed by atoms with Crippen molar-refractivity contribution in [2.24, 2.45) is 0 Å². The van der Waals surface area contributed by atoms with Gasteiger partial charge in [0.05, 0.1) is 22.0 Å². The summed E-state index contributed by atoms with van der Waals surface area (Å²) in [6.07, 6.45) is 2.28. The lowest BCUT2D eigenvalue weighted by Gasteiger charge is -2.23. The zero-order chi connectivity index (χ0) is 13.2. The van der Waals surface area contributed by atoms with Crippen LogP contribution in [0.2, 0.25) is 5.02 Å². The number of nitrogens with zero attached hydrogens (tertiary/aromatic N) is 2. The number of rotatable bonds is 5. The summed E-state index contributed by atoms with van der Waals surface area (Å²) in [4.78, 5) is 0. The lowest BCUT2D eigenvalue weighted by molar-refractivity contribution is 0.0205. The third kappa shape index (κ3) is 2.87. The van der Waals surface area contributed by atoms with E-state index in [1.54, 1.807) is 0 Å². The molecule has 2 heterocycles. The number of hydrogen-bond acceptors (Lipinski definition) is 3. The molecular formula is C13H22ClN3O. The van der Waals surface area contributed by atoms with Gasteiger partial charge in [0, 0.05) is 26.2 Å². The molecule has 1 aromatic rings. The SMILES string of the molecule is CCn1nc(C)c(Cl)c1CNCC1(C)CCCO1. The van der Waals surface area contributed by atoms with Crippen LogP contribution in [0.5, 0.6) is 0 Å². The number of halogens is 1. The van der Waals surface area contributed by atoms with E-state index in [0.717, 1.165) is 55.5 Å². The molecular weight excluding hydrogens is 250 g/mol. The summed E-state index contributed by atoms with van der Waals surface area (Å²) in [5.74, 6) is 0. The van der Waals surface area contributed by atoms with Crippen molar-refractivity contribution < 1.29 is 4.74 Å². The second kappa shape index (κ2) is 5.59. The molecule has 5 heteroatoms. The number of hydrogen-bond donors (Lipinski definition) is 1. The van der Waals surface area contributed by atoms with Crippen molar-refractivity contribution in [2.75, 3.05) is 13.2 Å². The van der Waals surface area contributed by atoms with Crippen LogP contribution >= 0.6 is 11.6 Å². The van der Waals surface area contributed by atoms with Gasteiger partial charge in [-0.2, -0.15) is 5.10 Å². The minimum absolute atomic E-state index is 0.0153. The van der Waals surface area contributed by atoms with Gasteiger partial charge in [-0.3, -0.25) is 4.68 Å². The summed E-state index contributed by atoms with van der Waals surface area (Å²) in [5.41, 5.74) is 1.95. The Kier molecular flexibility index (Phi) is 4.30. The van der Waals surface area contributed by atoms with Crippen LogP contribution in [0.25, 0.3) is 0 Å². The predicted molar refractivity (Wildman–Crippen MR) is 72.9 cm³/mol. The van der Waals surface area contributed by atoms with Gasteiger partial charge < -0.3 is 10.1 Å². The van der Waals surface area contributed by atoms with Gasteiger partial charge in [-0.15, -0.1) is 0 Å². The van der Waals surface area contributed by atoms with Crippen molar-refractivity contribution in [2.45, 2.75) is 52.3 Å². The van der Waals surface area contributed by atoms with Crippen LogP contribution < -0.4 is 5.32 Å². The Balaban J connectivity index is 1.93. The molecule has 2 rings (SSSR count). The molecule has 0 spiro atoms. The Morgan fingerprint density at radius 2 is 2.33 bits per heavy atom. The van der Waals surface area contributed by atoms with Gasteiger partial charge in [-0.1, -0.05) is 11.6 Å². The summed E-state index contributed by atoms with van der Waals surface area (Å²) in [5, 5.41) is 8.63. The van der Waals surface area contributed by atoms with E-state index >= 15 is 0 Å². The van der Waals surface area contributed by atoms with Gasteiger partial charge in [0.15, 0.2) is 0 Å². The minimum Gasteiger partial charge on any atom is -0.374 e. The Bertz CT molecular complexity index is 411. The van der Waals surface area contributed by atoms with Crippen molar-refractivity contribution in [3.8, 4) is 0 Å². The van der Waals surface area contributed by atoms with Gasteiger partial charge in [0.1, 0.15) is 0 Å². The van der Waals surface area contributed by atoms with Gasteiger partial charge in [-0.05, 0) is 33.6 Å². The summed E-state index contributed by atoms with van der Waals surface area (Å²) in [6, 6.07) is 0. The van der Waals surface area contributed by atoms with Crippen LogP contribution in [0.1, 0.15) is 38.1 Å². The van der Waals surface area contributed by atoms with Crippen LogP contribution in [-0.2, 0) is 17.8 Å². The molecule has 0 aromatic carbocycles. The largest absolute Gasteiger partial charge is 0.374 e. The molecule has 1 N–H and O–H groups in total. The molecule has 1 saturated heterocycles. The summed E-state index contributed by atoms with van der Waals surface area (Å²) in [7, 11) is 0. The fraction of sp³-hybridized carbons (Fsp3) is 0.769. The normalized spacial score (nSPS) is 23.8. The highest BCUT2D eigenvalue weighted by molar-refractivity contribution is 6.31. The molecule has 1 fully saturated rings. The lowest BCUT2D eigenvalue weighted by Crippen LogP contribution is -2.37. The van der Waals surface area contributed by atoms with Crippen molar-refractivity contribution in [1.82, 2.24) is 15.1 Å². The van der Waals surface area contributed by atoms with E-state index in [4.69, 9.17) is 16.3 Å². The molecule has 102 valence electrons. The Morgan fingerprint density at radius 3 is 2.94 bits per heavy atom. The number of ether oxygens (including phenoxy) is 1. The fourth-order valence-corrected chi connectivity index (χ4v) is 2.66. The smallest absolute Gasteiger partial charge is 0.0860 e. The minimum atomic E-state index is -0.0153. The maximum Gasteiger partial charge on any atom is 0.0860 e. The first kappa shape index (κ1) is 13.8. The van der Waals surface area contributed by atoms with Gasteiger partial charge in [-0.25, -0.2) is 0 Å². The van der Waals surface area contributed by atoms with Crippen molar-refractivity contribution >= 4 is 11.6 Å². The monoisotopic (exact) mass is 271 g/mol. The molecule has 0 aliphatic carbocycles. The van der Waals surface area contributed by atoms with Crippen LogP contribution in [0.15, 0.2) is 0 Å². The number of aromatic nitrogens is 2. The number of nitrogens with one attached hydrogen (secondary N) is 1. The van der Waals surface area contributed by atoms with Crippen molar-refractivity contribution in [3.05, 3.63) is 16.4 Å². The third-order valence-corrected chi connectivity index (χ3v) is 4.04. The molecule has 1 aromatic heterocycles. The molecule has 1 aliphatic heterocycles. The van der Waals surface area contributed by atoms with Crippen LogP contribution in [0.3, 0.4) is 0 Å². The van der Waals surface area contributed by atoms with Crippen LogP contribution in [0, 0.1) is 6.92 Å². The molecule has 0 radical (unpaired) electrons.